The number of aromatic nitrogens is 1. The Labute approximate surface area is 99.3 Å². The van der Waals surface area contributed by atoms with Gasteiger partial charge in [-0.1, -0.05) is 13.0 Å². The third-order valence-corrected chi connectivity index (χ3v) is 2.92. The van der Waals surface area contributed by atoms with Crippen LogP contribution in [0.15, 0.2) is 36.7 Å². The lowest BCUT2D eigenvalue weighted by atomic mass is 9.93. The molecule has 0 fully saturated rings. The Morgan fingerprint density at radius 2 is 1.76 bits per heavy atom. The molecular weight excluding hydrogens is 217 g/mol. The molecule has 0 aliphatic heterocycles. The number of halogens is 1. The van der Waals surface area contributed by atoms with Gasteiger partial charge in [0, 0.05) is 18.3 Å². The van der Waals surface area contributed by atoms with Crippen LogP contribution in [0.2, 0.25) is 0 Å². The summed E-state index contributed by atoms with van der Waals surface area (Å²) >= 11 is 0. The van der Waals surface area contributed by atoms with E-state index in [-0.39, 0.29) is 17.3 Å². The zero-order valence-corrected chi connectivity index (χ0v) is 9.52. The van der Waals surface area contributed by atoms with E-state index in [4.69, 9.17) is 11.5 Å². The zero-order chi connectivity index (χ0) is 12.4. The highest BCUT2D eigenvalue weighted by molar-refractivity contribution is 5.65. The molecule has 0 aliphatic rings. The van der Waals surface area contributed by atoms with Gasteiger partial charge in [-0.15, -0.1) is 0 Å². The van der Waals surface area contributed by atoms with Crippen molar-refractivity contribution in [2.24, 2.45) is 0 Å². The van der Waals surface area contributed by atoms with Gasteiger partial charge >= 0.3 is 0 Å². The molecule has 3 nitrogen and oxygen atoms in total. The molecule has 0 spiro atoms. The van der Waals surface area contributed by atoms with Gasteiger partial charge in [-0.05, 0) is 29.3 Å². The first kappa shape index (κ1) is 11.4. The Kier molecular flexibility index (Phi) is 2.95. The van der Waals surface area contributed by atoms with Gasteiger partial charge in [-0.3, -0.25) is 4.98 Å². The van der Waals surface area contributed by atoms with Gasteiger partial charge in [0.1, 0.15) is 0 Å². The number of benzene rings is 1. The fraction of sp³-hybridized carbons (Fsp3) is 0.154. The van der Waals surface area contributed by atoms with Gasteiger partial charge in [-0.2, -0.15) is 0 Å². The fourth-order valence-electron chi connectivity index (χ4n) is 1.79. The predicted octanol–water partition coefficient (Wildman–Crippen LogP) is 2.54. The minimum absolute atomic E-state index is 0.0170. The van der Waals surface area contributed by atoms with E-state index in [1.165, 1.54) is 0 Å². The Morgan fingerprint density at radius 3 is 2.41 bits per heavy atom. The van der Waals surface area contributed by atoms with Gasteiger partial charge in [0.15, 0.2) is 5.82 Å². The second kappa shape index (κ2) is 4.41. The topological polar surface area (TPSA) is 64.9 Å². The summed E-state index contributed by atoms with van der Waals surface area (Å²) in [5.41, 5.74) is 13.0. The summed E-state index contributed by atoms with van der Waals surface area (Å²) in [6.45, 7) is 1.92. The number of hydrogen-bond donors (Lipinski definition) is 2. The van der Waals surface area contributed by atoms with Crippen molar-refractivity contribution in [3.05, 3.63) is 53.6 Å². The molecule has 0 amide bonds. The molecule has 0 saturated heterocycles. The van der Waals surface area contributed by atoms with E-state index in [1.807, 2.05) is 19.1 Å². The monoisotopic (exact) mass is 231 g/mol. The summed E-state index contributed by atoms with van der Waals surface area (Å²) in [5, 5.41) is 0. The van der Waals surface area contributed by atoms with Crippen molar-refractivity contribution in [3.63, 3.8) is 0 Å². The molecule has 4 heteroatoms. The number of pyridine rings is 1. The van der Waals surface area contributed by atoms with E-state index in [1.54, 1.807) is 24.5 Å². The predicted molar refractivity (Wildman–Crippen MR) is 67.0 cm³/mol. The summed E-state index contributed by atoms with van der Waals surface area (Å²) in [7, 11) is 0. The van der Waals surface area contributed by atoms with Crippen LogP contribution >= 0.6 is 0 Å². The van der Waals surface area contributed by atoms with Gasteiger partial charge < -0.3 is 11.5 Å². The van der Waals surface area contributed by atoms with Crippen LogP contribution in [0.4, 0.5) is 15.8 Å². The van der Waals surface area contributed by atoms with E-state index in [9.17, 15) is 4.39 Å². The lowest BCUT2D eigenvalue weighted by molar-refractivity contribution is 0.608. The average Bonchev–Trinajstić information content (AvgIpc) is 2.36. The SMILES string of the molecule is CC(c1ccncc1)c1ccc(N)c(N)c1F. The zero-order valence-electron chi connectivity index (χ0n) is 9.52. The van der Waals surface area contributed by atoms with Crippen molar-refractivity contribution in [3.8, 4) is 0 Å². The van der Waals surface area contributed by atoms with E-state index in [0.717, 1.165) is 5.56 Å². The quantitative estimate of drug-likeness (QED) is 0.780. The lowest BCUT2D eigenvalue weighted by Gasteiger charge is -2.15. The van der Waals surface area contributed by atoms with Crippen LogP contribution < -0.4 is 11.5 Å². The van der Waals surface area contributed by atoms with Gasteiger partial charge in [-0.25, -0.2) is 4.39 Å². The summed E-state index contributed by atoms with van der Waals surface area (Å²) in [4.78, 5) is 3.94. The largest absolute Gasteiger partial charge is 0.397 e. The summed E-state index contributed by atoms with van der Waals surface area (Å²) in [6, 6.07) is 7.02. The molecule has 1 aromatic carbocycles. The number of anilines is 2. The molecule has 88 valence electrons. The number of hydrogen-bond acceptors (Lipinski definition) is 3. The standard InChI is InChI=1S/C13H14FN3/c1-8(9-4-6-17-7-5-9)10-2-3-11(15)13(16)12(10)14/h2-8H,15-16H2,1H3. The molecule has 1 atom stereocenters. The third-order valence-electron chi connectivity index (χ3n) is 2.92. The first-order valence-electron chi connectivity index (χ1n) is 5.34. The number of rotatable bonds is 2. The minimum Gasteiger partial charge on any atom is -0.397 e. The number of nitrogens with two attached hydrogens (primary N) is 2. The molecule has 2 aromatic rings. The van der Waals surface area contributed by atoms with Gasteiger partial charge in [0.25, 0.3) is 0 Å². The van der Waals surface area contributed by atoms with Crippen molar-refractivity contribution in [1.29, 1.82) is 0 Å². The van der Waals surface area contributed by atoms with Crippen LogP contribution in [0.25, 0.3) is 0 Å². The molecule has 2 rings (SSSR count). The number of nitrogens with zero attached hydrogens (tertiary/aromatic N) is 1. The van der Waals surface area contributed by atoms with E-state index in [0.29, 0.717) is 5.56 Å². The third kappa shape index (κ3) is 2.06. The van der Waals surface area contributed by atoms with Crippen molar-refractivity contribution in [2.75, 3.05) is 11.5 Å². The smallest absolute Gasteiger partial charge is 0.151 e. The van der Waals surface area contributed by atoms with Crippen molar-refractivity contribution in [1.82, 2.24) is 4.98 Å². The minimum atomic E-state index is -0.436. The molecule has 1 aromatic heterocycles. The molecule has 0 bridgehead atoms. The van der Waals surface area contributed by atoms with E-state index in [2.05, 4.69) is 4.98 Å². The molecule has 1 heterocycles. The summed E-state index contributed by atoms with van der Waals surface area (Å²) < 4.78 is 14.0. The van der Waals surface area contributed by atoms with Crippen LogP contribution in [0.5, 0.6) is 0 Å². The van der Waals surface area contributed by atoms with Crippen LogP contribution in [0.1, 0.15) is 24.0 Å². The van der Waals surface area contributed by atoms with Crippen LogP contribution in [0.3, 0.4) is 0 Å². The Bertz CT molecular complexity index is 526. The highest BCUT2D eigenvalue weighted by Gasteiger charge is 2.16. The van der Waals surface area contributed by atoms with E-state index >= 15 is 0 Å². The normalized spacial score (nSPS) is 12.4. The first-order chi connectivity index (χ1) is 8.11. The van der Waals surface area contributed by atoms with Crippen LogP contribution in [-0.4, -0.2) is 4.98 Å². The lowest BCUT2D eigenvalue weighted by Crippen LogP contribution is -2.05. The Balaban J connectivity index is 2.45. The Hall–Kier alpha value is -2.10. The van der Waals surface area contributed by atoms with Gasteiger partial charge in [0.05, 0.1) is 11.4 Å². The second-order valence-electron chi connectivity index (χ2n) is 3.97. The highest BCUT2D eigenvalue weighted by Crippen LogP contribution is 2.30. The molecule has 1 unspecified atom stereocenters. The summed E-state index contributed by atoms with van der Waals surface area (Å²) in [6.07, 6.45) is 3.37. The maximum atomic E-state index is 14.0. The molecule has 0 aliphatic carbocycles. The van der Waals surface area contributed by atoms with Crippen LogP contribution in [-0.2, 0) is 0 Å². The molecule has 0 radical (unpaired) electrons. The summed E-state index contributed by atoms with van der Waals surface area (Å²) in [5.74, 6) is -0.518. The van der Waals surface area contributed by atoms with Crippen molar-refractivity contribution in [2.45, 2.75) is 12.8 Å². The Morgan fingerprint density at radius 1 is 1.12 bits per heavy atom. The fourth-order valence-corrected chi connectivity index (χ4v) is 1.79. The first-order valence-corrected chi connectivity index (χ1v) is 5.34. The molecular formula is C13H14FN3. The van der Waals surface area contributed by atoms with E-state index < -0.39 is 5.82 Å². The molecule has 0 saturated carbocycles. The maximum Gasteiger partial charge on any atom is 0.151 e. The van der Waals surface area contributed by atoms with Crippen molar-refractivity contribution >= 4 is 11.4 Å². The van der Waals surface area contributed by atoms with Crippen molar-refractivity contribution < 1.29 is 4.39 Å². The van der Waals surface area contributed by atoms with Gasteiger partial charge in [0.2, 0.25) is 0 Å². The maximum absolute atomic E-state index is 14.0. The number of nitrogen functional groups attached to an aromatic ring is 2. The molecule has 17 heavy (non-hydrogen) atoms. The molecule has 4 N–H and O–H groups in total. The highest BCUT2D eigenvalue weighted by atomic mass is 19.1. The second-order valence-corrected chi connectivity index (χ2v) is 3.97. The average molecular weight is 231 g/mol. The van der Waals surface area contributed by atoms with Crippen LogP contribution in [0, 0.1) is 5.82 Å².